The van der Waals surface area contributed by atoms with Crippen LogP contribution >= 0.6 is 39.1 Å². The molecule has 0 aromatic rings. The Morgan fingerprint density at radius 1 is 0.323 bits per heavy atom. The molecule has 0 aromatic carbocycles. The second kappa shape index (κ2) is 13.3. The molecule has 0 bridgehead atoms. The van der Waals surface area contributed by atoms with Gasteiger partial charge >= 0.3 is 61.5 Å². The molecular formula is NbO25P5. The van der Waals surface area contributed by atoms with Crippen molar-refractivity contribution in [3.8, 4) is 0 Å². The molecule has 0 atom stereocenters. The Morgan fingerprint density at radius 2 is 0.387 bits per heavy atom. The smallest absolute Gasteiger partial charge is 0.753 e. The third-order valence-corrected chi connectivity index (χ3v) is 3.65. The van der Waals surface area contributed by atoms with Crippen LogP contribution in [0.2, 0.25) is 0 Å². The molecule has 5 heterocycles. The first-order chi connectivity index (χ1) is 13.5. The minimum atomic E-state index is -3.94. The maximum Gasteiger partial charge on any atom is 5.00 e. The van der Waals surface area contributed by atoms with E-state index in [1.165, 1.54) is 0 Å². The van der Waals surface area contributed by atoms with Gasteiger partial charge in [-0.15, -0.1) is 46.7 Å². The van der Waals surface area contributed by atoms with Gasteiger partial charge in [-0.2, -0.15) is 0 Å². The predicted octanol–water partition coefficient (Wildman–Crippen LogP) is -3.26. The summed E-state index contributed by atoms with van der Waals surface area (Å²) in [7, 11) is -19.7. The van der Waals surface area contributed by atoms with Crippen LogP contribution in [-0.4, -0.2) is 0 Å². The topological polar surface area (TPSA) is 339 Å². The summed E-state index contributed by atoms with van der Waals surface area (Å²) in [5.41, 5.74) is 0. The van der Waals surface area contributed by atoms with E-state index in [0.717, 1.165) is 0 Å². The second-order valence-corrected chi connectivity index (χ2v) is 9.28. The first kappa shape index (κ1) is 32.1. The zero-order valence-corrected chi connectivity index (χ0v) is 19.6. The van der Waals surface area contributed by atoms with Crippen molar-refractivity contribution in [1.29, 1.82) is 0 Å². The van der Waals surface area contributed by atoms with Crippen LogP contribution in [0.3, 0.4) is 0 Å². The van der Waals surface area contributed by atoms with Crippen LogP contribution in [0, 0.1) is 0 Å². The van der Waals surface area contributed by atoms with Gasteiger partial charge in [-0.3, -0.25) is 22.8 Å². The van der Waals surface area contributed by atoms with E-state index in [1.54, 1.807) is 0 Å². The number of hydrogen-bond acceptors (Lipinski definition) is 25. The molecule has 5 aliphatic heterocycles. The normalized spacial score (nSPS) is 27.9. The van der Waals surface area contributed by atoms with Crippen LogP contribution in [0.4, 0.5) is 0 Å². The van der Waals surface area contributed by atoms with Crippen LogP contribution in [0.25, 0.3) is 0 Å². The van der Waals surface area contributed by atoms with Gasteiger partial charge in [0.25, 0.3) is 0 Å². The van der Waals surface area contributed by atoms with E-state index in [9.17, 15) is 47.3 Å². The Kier molecular flexibility index (Phi) is 13.7. The molecule has 0 amide bonds. The molecule has 5 fully saturated rings. The third kappa shape index (κ3) is 15.6. The van der Waals surface area contributed by atoms with Crippen LogP contribution in [0.15, 0.2) is 0 Å². The molecule has 31 heavy (non-hydrogen) atoms. The average Bonchev–Trinajstić information content (AvgIpc) is 2.51. The van der Waals surface area contributed by atoms with E-state index < -0.39 is 39.1 Å². The SMILES string of the molecule is O=P1([O-])OOO1.O=P1([O-])OOO1.O=P1([O-])OOO1.O=P1([O-])OOO1.O=P1([O-])OOO1.[Nb+5]. The molecule has 0 aromatic heterocycles. The second-order valence-electron chi connectivity index (χ2n) is 3.32. The fourth-order valence-corrected chi connectivity index (χ4v) is 1.20. The maximum absolute atomic E-state index is 9.55. The zero-order chi connectivity index (χ0) is 23.1. The van der Waals surface area contributed by atoms with E-state index in [0.29, 0.717) is 0 Å². The summed E-state index contributed by atoms with van der Waals surface area (Å²) in [5, 5.41) is 16.8. The Balaban J connectivity index is 0.000000360. The van der Waals surface area contributed by atoms with Crippen LogP contribution in [-0.2, 0) is 117 Å². The van der Waals surface area contributed by atoms with Crippen molar-refractivity contribution in [2.24, 2.45) is 0 Å². The summed E-state index contributed by atoms with van der Waals surface area (Å²) in [6.45, 7) is 0. The van der Waals surface area contributed by atoms with Crippen LogP contribution < -0.4 is 24.5 Å². The van der Waals surface area contributed by atoms with Crippen molar-refractivity contribution in [3.63, 3.8) is 0 Å². The van der Waals surface area contributed by atoms with Crippen LogP contribution in [0.1, 0.15) is 0 Å². The molecule has 0 aliphatic carbocycles. The molecule has 5 rings (SSSR count). The molecule has 180 valence electrons. The quantitative estimate of drug-likeness (QED) is 0.141. The van der Waals surface area contributed by atoms with Gasteiger partial charge in [-0.1, -0.05) is 25.2 Å². The van der Waals surface area contributed by atoms with E-state index in [1.807, 2.05) is 0 Å². The fourth-order valence-electron chi connectivity index (χ4n) is 0.401. The minimum absolute atomic E-state index is 0. The van der Waals surface area contributed by atoms with Gasteiger partial charge in [-0.25, -0.2) is 0 Å². The van der Waals surface area contributed by atoms with Crippen molar-refractivity contribution >= 4 is 39.1 Å². The fraction of sp³-hybridized carbons (Fsp3) is 0. The number of phosphoric acid groups is 5. The standard InChI is InChI=1S/Nb.5HO5P/c;5*1-6(2)4-3-5-6/h;5*(H,1,2)/q+5;;;;;/p-5. The molecule has 5 saturated heterocycles. The van der Waals surface area contributed by atoms with Gasteiger partial charge < -0.3 is 24.5 Å². The third-order valence-electron chi connectivity index (χ3n) is 1.22. The molecule has 0 unspecified atom stereocenters. The van der Waals surface area contributed by atoms with Crippen molar-refractivity contribution in [1.82, 2.24) is 0 Å². The van der Waals surface area contributed by atoms with Crippen molar-refractivity contribution in [3.05, 3.63) is 0 Å². The van der Waals surface area contributed by atoms with E-state index >= 15 is 0 Å². The Labute approximate surface area is 181 Å². The first-order valence-electron chi connectivity index (χ1n) is 5.32. The Bertz CT molecular complexity index is 588. The summed E-state index contributed by atoms with van der Waals surface area (Å²) >= 11 is 0. The number of rotatable bonds is 0. The van der Waals surface area contributed by atoms with Gasteiger partial charge in [-0.05, 0) is 0 Å². The molecule has 25 nitrogen and oxygen atoms in total. The zero-order valence-electron chi connectivity index (χ0n) is 12.9. The first-order valence-corrected chi connectivity index (χ1v) is 12.6. The van der Waals surface area contributed by atoms with Gasteiger partial charge in [0.05, 0.1) is 0 Å². The van der Waals surface area contributed by atoms with Gasteiger partial charge in [0.2, 0.25) is 0 Å². The summed E-state index contributed by atoms with van der Waals surface area (Å²) < 4.78 is 81.7. The summed E-state index contributed by atoms with van der Waals surface area (Å²) in [6, 6.07) is 0. The van der Waals surface area contributed by atoms with Gasteiger partial charge in [0, 0.05) is 0 Å². The largest absolute Gasteiger partial charge is 5.00 e. The monoisotopic (exact) mass is 648 g/mol. The molecule has 0 radical (unpaired) electrons. The van der Waals surface area contributed by atoms with Crippen molar-refractivity contribution < 1.29 is 142 Å². The molecule has 0 spiro atoms. The molecule has 5 aliphatic rings. The molecular weight excluding hydrogens is 648 g/mol. The van der Waals surface area contributed by atoms with Crippen molar-refractivity contribution in [2.45, 2.75) is 0 Å². The molecule has 0 N–H and O–H groups in total. The van der Waals surface area contributed by atoms with Crippen LogP contribution in [0.5, 0.6) is 0 Å². The summed E-state index contributed by atoms with van der Waals surface area (Å²) in [6.07, 6.45) is 0. The van der Waals surface area contributed by atoms with E-state index in [4.69, 9.17) is 0 Å². The molecule has 31 heteroatoms. The minimum Gasteiger partial charge on any atom is -0.753 e. The van der Waals surface area contributed by atoms with Gasteiger partial charge in [0.1, 0.15) is 0 Å². The Hall–Kier alpha value is 1.09. The van der Waals surface area contributed by atoms with Gasteiger partial charge in [0.15, 0.2) is 0 Å². The van der Waals surface area contributed by atoms with E-state index in [-0.39, 0.29) is 22.4 Å². The Morgan fingerprint density at radius 3 is 0.387 bits per heavy atom. The predicted molar refractivity (Wildman–Crippen MR) is 54.3 cm³/mol. The molecule has 0 saturated carbocycles. The average molecular weight is 648 g/mol. The summed E-state index contributed by atoms with van der Waals surface area (Å²) in [4.78, 5) is 47.7. The maximum atomic E-state index is 9.55. The van der Waals surface area contributed by atoms with E-state index in [2.05, 4.69) is 71.9 Å². The number of hydrogen-bond donors (Lipinski definition) is 0. The summed E-state index contributed by atoms with van der Waals surface area (Å²) in [5.74, 6) is 0. The van der Waals surface area contributed by atoms with Crippen molar-refractivity contribution in [2.75, 3.05) is 0 Å².